The minimum Gasteiger partial charge on any atom is -0.397 e. The van der Waals surface area contributed by atoms with E-state index in [4.69, 9.17) is 11.5 Å². The predicted molar refractivity (Wildman–Crippen MR) is 74.3 cm³/mol. The summed E-state index contributed by atoms with van der Waals surface area (Å²) in [7, 11) is 0. The van der Waals surface area contributed by atoms with E-state index in [-0.39, 0.29) is 0 Å². The van der Waals surface area contributed by atoms with Gasteiger partial charge in [-0.1, -0.05) is 6.92 Å². The molecule has 0 saturated carbocycles. The summed E-state index contributed by atoms with van der Waals surface area (Å²) in [6.07, 6.45) is 1.83. The van der Waals surface area contributed by atoms with Crippen molar-refractivity contribution in [2.24, 2.45) is 0 Å². The Morgan fingerprint density at radius 3 is 2.82 bits per heavy atom. The Morgan fingerprint density at radius 1 is 1.35 bits per heavy atom. The van der Waals surface area contributed by atoms with Crippen LogP contribution in [0.2, 0.25) is 0 Å². The summed E-state index contributed by atoms with van der Waals surface area (Å²) in [5, 5.41) is 6.46. The van der Waals surface area contributed by atoms with Crippen LogP contribution in [0.15, 0.2) is 29.8 Å². The molecule has 5 N–H and O–H groups in total. The van der Waals surface area contributed by atoms with Gasteiger partial charge < -0.3 is 16.8 Å². The molecule has 2 rings (SSSR count). The monoisotopic (exact) mass is 248 g/mol. The maximum atomic E-state index is 5.75. The van der Waals surface area contributed by atoms with E-state index in [2.05, 4.69) is 17.2 Å². The molecule has 0 aliphatic rings. The van der Waals surface area contributed by atoms with Crippen molar-refractivity contribution in [1.82, 2.24) is 4.98 Å². The molecule has 1 aromatic carbocycles. The van der Waals surface area contributed by atoms with E-state index in [1.54, 1.807) is 11.3 Å². The third-order valence-electron chi connectivity index (χ3n) is 2.57. The van der Waals surface area contributed by atoms with Gasteiger partial charge in [0.1, 0.15) is 0 Å². The largest absolute Gasteiger partial charge is 0.397 e. The van der Waals surface area contributed by atoms with Gasteiger partial charge in [0.15, 0.2) is 0 Å². The van der Waals surface area contributed by atoms with Crippen LogP contribution in [0.25, 0.3) is 0 Å². The number of nitrogens with one attached hydrogen (secondary N) is 1. The SMILES string of the molecule is CC(CNc1ccc(N)c(N)c1)c1nccs1. The fraction of sp³-hybridized carbons (Fsp3) is 0.250. The number of nitrogens with zero attached hydrogens (tertiary/aromatic N) is 1. The number of thiazole rings is 1. The van der Waals surface area contributed by atoms with Crippen LogP contribution >= 0.6 is 11.3 Å². The van der Waals surface area contributed by atoms with Crippen molar-refractivity contribution in [1.29, 1.82) is 0 Å². The van der Waals surface area contributed by atoms with Crippen LogP contribution in [-0.4, -0.2) is 11.5 Å². The molecule has 90 valence electrons. The van der Waals surface area contributed by atoms with Crippen molar-refractivity contribution < 1.29 is 0 Å². The molecule has 1 heterocycles. The average Bonchev–Trinajstić information content (AvgIpc) is 2.84. The zero-order valence-corrected chi connectivity index (χ0v) is 10.5. The smallest absolute Gasteiger partial charge is 0.0970 e. The first-order valence-corrected chi connectivity index (χ1v) is 6.33. The first-order valence-electron chi connectivity index (χ1n) is 5.45. The highest BCUT2D eigenvalue weighted by Gasteiger charge is 2.07. The maximum absolute atomic E-state index is 5.75. The first kappa shape index (κ1) is 11.7. The number of nitrogens with two attached hydrogens (primary N) is 2. The molecule has 2 aromatic rings. The van der Waals surface area contributed by atoms with Crippen molar-refractivity contribution in [3.05, 3.63) is 34.8 Å². The van der Waals surface area contributed by atoms with Gasteiger partial charge in [0, 0.05) is 29.7 Å². The van der Waals surface area contributed by atoms with E-state index in [0.29, 0.717) is 17.3 Å². The topological polar surface area (TPSA) is 77.0 Å². The molecule has 0 fully saturated rings. The Morgan fingerprint density at radius 2 is 2.18 bits per heavy atom. The number of hydrogen-bond donors (Lipinski definition) is 3. The van der Waals surface area contributed by atoms with E-state index in [9.17, 15) is 0 Å². The number of benzene rings is 1. The fourth-order valence-corrected chi connectivity index (χ4v) is 2.22. The van der Waals surface area contributed by atoms with Crippen molar-refractivity contribution in [2.45, 2.75) is 12.8 Å². The standard InChI is InChI=1S/C12H16N4S/c1-8(12-15-4-5-17-12)7-16-9-2-3-10(13)11(14)6-9/h2-6,8,16H,7,13-14H2,1H3. The van der Waals surface area contributed by atoms with E-state index < -0.39 is 0 Å². The van der Waals surface area contributed by atoms with Crippen molar-refractivity contribution in [3.63, 3.8) is 0 Å². The van der Waals surface area contributed by atoms with Gasteiger partial charge in [0.25, 0.3) is 0 Å². The second-order valence-electron chi connectivity index (χ2n) is 4.00. The van der Waals surface area contributed by atoms with Crippen LogP contribution in [0.1, 0.15) is 17.8 Å². The molecule has 17 heavy (non-hydrogen) atoms. The highest BCUT2D eigenvalue weighted by atomic mass is 32.1. The number of nitrogen functional groups attached to an aromatic ring is 2. The molecule has 1 aromatic heterocycles. The predicted octanol–water partition coefficient (Wildman–Crippen LogP) is 2.52. The molecule has 0 spiro atoms. The minimum atomic E-state index is 0.383. The van der Waals surface area contributed by atoms with Crippen LogP contribution in [0.5, 0.6) is 0 Å². The van der Waals surface area contributed by atoms with Crippen LogP contribution in [0.4, 0.5) is 17.1 Å². The third kappa shape index (κ3) is 2.88. The normalized spacial score (nSPS) is 12.3. The van der Waals surface area contributed by atoms with E-state index in [0.717, 1.165) is 17.2 Å². The summed E-state index contributed by atoms with van der Waals surface area (Å²) >= 11 is 1.68. The van der Waals surface area contributed by atoms with Crippen LogP contribution in [0, 0.1) is 0 Å². The van der Waals surface area contributed by atoms with Crippen LogP contribution in [0.3, 0.4) is 0 Å². The summed E-state index contributed by atoms with van der Waals surface area (Å²) < 4.78 is 0. The van der Waals surface area contributed by atoms with Crippen molar-refractivity contribution in [3.8, 4) is 0 Å². The van der Waals surface area contributed by atoms with Gasteiger partial charge in [0.05, 0.1) is 16.4 Å². The Bertz CT molecular complexity index is 481. The van der Waals surface area contributed by atoms with Gasteiger partial charge in [-0.3, -0.25) is 0 Å². The first-order chi connectivity index (χ1) is 8.16. The van der Waals surface area contributed by atoms with E-state index in [1.807, 2.05) is 29.8 Å². The molecule has 0 radical (unpaired) electrons. The zero-order chi connectivity index (χ0) is 12.3. The Kier molecular flexibility index (Phi) is 3.49. The van der Waals surface area contributed by atoms with Gasteiger partial charge in [-0.15, -0.1) is 11.3 Å². The number of anilines is 3. The van der Waals surface area contributed by atoms with Gasteiger partial charge in [-0.2, -0.15) is 0 Å². The summed E-state index contributed by atoms with van der Waals surface area (Å²) in [5.74, 6) is 0.383. The van der Waals surface area contributed by atoms with Crippen LogP contribution in [-0.2, 0) is 0 Å². The van der Waals surface area contributed by atoms with Gasteiger partial charge in [0.2, 0.25) is 0 Å². The highest BCUT2D eigenvalue weighted by Crippen LogP contribution is 2.22. The van der Waals surface area contributed by atoms with Gasteiger partial charge in [-0.25, -0.2) is 4.98 Å². The number of rotatable bonds is 4. The quantitative estimate of drug-likeness (QED) is 0.727. The fourth-order valence-electron chi connectivity index (χ4n) is 1.52. The second-order valence-corrected chi connectivity index (χ2v) is 4.92. The molecular formula is C12H16N4S. The lowest BCUT2D eigenvalue weighted by molar-refractivity contribution is 0.795. The lowest BCUT2D eigenvalue weighted by Crippen LogP contribution is -2.10. The van der Waals surface area contributed by atoms with Crippen molar-refractivity contribution >= 4 is 28.4 Å². The highest BCUT2D eigenvalue weighted by molar-refractivity contribution is 7.09. The van der Waals surface area contributed by atoms with Gasteiger partial charge >= 0.3 is 0 Å². The van der Waals surface area contributed by atoms with E-state index >= 15 is 0 Å². The Hall–Kier alpha value is -1.75. The molecule has 4 nitrogen and oxygen atoms in total. The molecule has 1 atom stereocenters. The average molecular weight is 248 g/mol. The lowest BCUT2D eigenvalue weighted by atomic mass is 10.2. The molecule has 0 aliphatic heterocycles. The number of hydrogen-bond acceptors (Lipinski definition) is 5. The summed E-state index contributed by atoms with van der Waals surface area (Å²) in [4.78, 5) is 4.29. The zero-order valence-electron chi connectivity index (χ0n) is 9.68. The molecule has 0 bridgehead atoms. The molecule has 0 saturated heterocycles. The summed E-state index contributed by atoms with van der Waals surface area (Å²) in [6.45, 7) is 2.98. The molecule has 0 aliphatic carbocycles. The lowest BCUT2D eigenvalue weighted by Gasteiger charge is -2.12. The van der Waals surface area contributed by atoms with Crippen molar-refractivity contribution in [2.75, 3.05) is 23.3 Å². The maximum Gasteiger partial charge on any atom is 0.0970 e. The van der Waals surface area contributed by atoms with Gasteiger partial charge in [-0.05, 0) is 18.2 Å². The van der Waals surface area contributed by atoms with Crippen LogP contribution < -0.4 is 16.8 Å². The summed E-state index contributed by atoms with van der Waals surface area (Å²) in [5.41, 5.74) is 13.6. The minimum absolute atomic E-state index is 0.383. The second kappa shape index (κ2) is 5.05. The molecular weight excluding hydrogens is 232 g/mol. The molecule has 1 unspecified atom stereocenters. The number of aromatic nitrogens is 1. The third-order valence-corrected chi connectivity index (χ3v) is 3.58. The van der Waals surface area contributed by atoms with E-state index in [1.165, 1.54) is 0 Å². The molecule has 0 amide bonds. The Balaban J connectivity index is 1.96. The summed E-state index contributed by atoms with van der Waals surface area (Å²) in [6, 6.07) is 5.59. The Labute approximate surface area is 105 Å². The molecule has 5 heteroatoms.